The summed E-state index contributed by atoms with van der Waals surface area (Å²) in [4.78, 5) is 14.1. The normalized spacial score (nSPS) is 15.2. The number of benzene rings is 1. The van der Waals surface area contributed by atoms with Crippen molar-refractivity contribution in [2.24, 2.45) is 5.92 Å². The van der Waals surface area contributed by atoms with Crippen molar-refractivity contribution < 1.29 is 13.2 Å². The highest BCUT2D eigenvalue weighted by molar-refractivity contribution is 9.10. The number of hydrogen-bond donors (Lipinski definition) is 0. The van der Waals surface area contributed by atoms with Crippen LogP contribution >= 0.6 is 26.6 Å². The largest absolute Gasteiger partial charge is 0.339 e. The lowest BCUT2D eigenvalue weighted by molar-refractivity contribution is 0.0756. The van der Waals surface area contributed by atoms with E-state index >= 15 is 0 Å². The van der Waals surface area contributed by atoms with Crippen LogP contribution in [0.2, 0.25) is 0 Å². The van der Waals surface area contributed by atoms with Crippen molar-refractivity contribution in [3.8, 4) is 0 Å². The van der Waals surface area contributed by atoms with Gasteiger partial charge in [-0.05, 0) is 59.8 Å². The predicted octanol–water partition coefficient (Wildman–Crippen LogP) is 3.25. The second-order valence-electron chi connectivity index (χ2n) is 4.87. The minimum Gasteiger partial charge on any atom is -0.339 e. The van der Waals surface area contributed by atoms with E-state index in [1.807, 2.05) is 6.92 Å². The van der Waals surface area contributed by atoms with Gasteiger partial charge in [-0.3, -0.25) is 4.79 Å². The van der Waals surface area contributed by atoms with Crippen LogP contribution in [0.15, 0.2) is 27.6 Å². The predicted molar refractivity (Wildman–Crippen MR) is 81.5 cm³/mol. The van der Waals surface area contributed by atoms with Crippen LogP contribution in [-0.2, 0) is 9.05 Å². The summed E-state index contributed by atoms with van der Waals surface area (Å²) in [7, 11) is 1.49. The molecule has 1 aliphatic rings. The van der Waals surface area contributed by atoms with Crippen LogP contribution in [0.25, 0.3) is 0 Å². The average molecular weight is 381 g/mol. The zero-order valence-electron chi connectivity index (χ0n) is 11.0. The van der Waals surface area contributed by atoms with Crippen LogP contribution in [0.4, 0.5) is 0 Å². The topological polar surface area (TPSA) is 54.5 Å². The first-order valence-corrected chi connectivity index (χ1v) is 9.46. The van der Waals surface area contributed by atoms with Gasteiger partial charge in [0, 0.05) is 33.8 Å². The summed E-state index contributed by atoms with van der Waals surface area (Å²) in [6, 6.07) is 4.46. The molecule has 1 fully saturated rings. The van der Waals surface area contributed by atoms with E-state index in [0.29, 0.717) is 22.5 Å². The Hall–Kier alpha value is -0.590. The highest BCUT2D eigenvalue weighted by atomic mass is 79.9. The van der Waals surface area contributed by atoms with Gasteiger partial charge >= 0.3 is 0 Å². The van der Waals surface area contributed by atoms with Crippen molar-refractivity contribution in [1.82, 2.24) is 4.90 Å². The van der Waals surface area contributed by atoms with Gasteiger partial charge in [0.2, 0.25) is 0 Å². The molecule has 4 nitrogen and oxygen atoms in total. The Balaban J connectivity index is 2.29. The van der Waals surface area contributed by atoms with E-state index < -0.39 is 9.05 Å². The molecular formula is C13H15BrClNO3S. The van der Waals surface area contributed by atoms with Crippen molar-refractivity contribution in [1.29, 1.82) is 0 Å². The molecule has 1 aromatic rings. The third-order valence-corrected chi connectivity index (χ3v) is 5.60. The number of nitrogens with zero attached hydrogens (tertiary/aromatic N) is 1. The zero-order valence-corrected chi connectivity index (χ0v) is 14.1. The van der Waals surface area contributed by atoms with E-state index in [4.69, 9.17) is 10.7 Å². The Kier molecular flexibility index (Phi) is 4.76. The zero-order chi connectivity index (χ0) is 14.9. The summed E-state index contributed by atoms with van der Waals surface area (Å²) in [5.74, 6) is 0.430. The van der Waals surface area contributed by atoms with Crippen molar-refractivity contribution in [3.63, 3.8) is 0 Å². The Morgan fingerprint density at radius 1 is 1.45 bits per heavy atom. The van der Waals surface area contributed by atoms with Gasteiger partial charge in [0.1, 0.15) is 0 Å². The summed E-state index contributed by atoms with van der Waals surface area (Å²) < 4.78 is 23.3. The summed E-state index contributed by atoms with van der Waals surface area (Å²) in [5, 5.41) is 0. The van der Waals surface area contributed by atoms with Crippen LogP contribution < -0.4 is 0 Å². The molecule has 20 heavy (non-hydrogen) atoms. The second kappa shape index (κ2) is 6.03. The van der Waals surface area contributed by atoms with E-state index in [9.17, 15) is 13.2 Å². The number of amides is 1. The Morgan fingerprint density at radius 2 is 2.10 bits per heavy atom. The van der Waals surface area contributed by atoms with Gasteiger partial charge in [-0.25, -0.2) is 8.42 Å². The molecule has 0 saturated heterocycles. The minimum atomic E-state index is -3.88. The Labute approximate surface area is 131 Å². The second-order valence-corrected chi connectivity index (χ2v) is 8.26. The molecule has 0 spiro atoms. The molecule has 0 aromatic heterocycles. The molecular weight excluding hydrogens is 366 g/mol. The van der Waals surface area contributed by atoms with E-state index in [1.165, 1.54) is 12.1 Å². The maximum Gasteiger partial charge on any atom is 0.262 e. The number of hydrogen-bond acceptors (Lipinski definition) is 3. The standard InChI is InChI=1S/C13H15BrClNO3S/c1-2-16(8-9-3-4-9)13(17)10-5-6-11(14)12(7-10)20(15,18)19/h5-7,9H,2-4,8H2,1H3. The van der Waals surface area contributed by atoms with Crippen LogP contribution in [0.3, 0.4) is 0 Å². The first kappa shape index (κ1) is 15.8. The molecule has 0 atom stereocenters. The van der Waals surface area contributed by atoms with Gasteiger partial charge in [-0.2, -0.15) is 0 Å². The monoisotopic (exact) mass is 379 g/mol. The van der Waals surface area contributed by atoms with Gasteiger partial charge < -0.3 is 4.90 Å². The molecule has 1 saturated carbocycles. The lowest BCUT2D eigenvalue weighted by Crippen LogP contribution is -2.32. The Bertz CT molecular complexity index is 629. The fraction of sp³-hybridized carbons (Fsp3) is 0.462. The quantitative estimate of drug-likeness (QED) is 0.737. The molecule has 0 unspecified atom stereocenters. The van der Waals surface area contributed by atoms with E-state index in [0.717, 1.165) is 19.4 Å². The molecule has 0 aliphatic heterocycles. The van der Waals surface area contributed by atoms with Crippen molar-refractivity contribution in [3.05, 3.63) is 28.2 Å². The molecule has 0 N–H and O–H groups in total. The van der Waals surface area contributed by atoms with Crippen molar-refractivity contribution >= 4 is 41.6 Å². The van der Waals surface area contributed by atoms with Crippen LogP contribution in [0.5, 0.6) is 0 Å². The SMILES string of the molecule is CCN(CC1CC1)C(=O)c1ccc(Br)c(S(=O)(=O)Cl)c1. The number of carbonyl (C=O) groups excluding carboxylic acids is 1. The van der Waals surface area contributed by atoms with Gasteiger partial charge in [0.25, 0.3) is 15.0 Å². The summed E-state index contributed by atoms with van der Waals surface area (Å²) in [6.45, 7) is 3.25. The van der Waals surface area contributed by atoms with Gasteiger partial charge in [0.15, 0.2) is 0 Å². The molecule has 0 bridgehead atoms. The van der Waals surface area contributed by atoms with Gasteiger partial charge in [-0.1, -0.05) is 0 Å². The van der Waals surface area contributed by atoms with Gasteiger partial charge in [0.05, 0.1) is 4.90 Å². The molecule has 0 radical (unpaired) electrons. The molecule has 1 amide bonds. The lowest BCUT2D eigenvalue weighted by atomic mass is 10.2. The maximum absolute atomic E-state index is 12.4. The third-order valence-electron chi connectivity index (χ3n) is 3.29. The number of halogens is 2. The van der Waals surface area contributed by atoms with Crippen molar-refractivity contribution in [2.75, 3.05) is 13.1 Å². The summed E-state index contributed by atoms with van der Waals surface area (Å²) in [5.41, 5.74) is 0.343. The molecule has 0 heterocycles. The van der Waals surface area contributed by atoms with E-state index in [1.54, 1.807) is 11.0 Å². The lowest BCUT2D eigenvalue weighted by Gasteiger charge is -2.21. The summed E-state index contributed by atoms with van der Waals surface area (Å²) >= 11 is 3.13. The molecule has 110 valence electrons. The highest BCUT2D eigenvalue weighted by Gasteiger charge is 2.27. The molecule has 1 aliphatic carbocycles. The highest BCUT2D eigenvalue weighted by Crippen LogP contribution is 2.31. The van der Waals surface area contributed by atoms with Gasteiger partial charge in [-0.15, -0.1) is 0 Å². The summed E-state index contributed by atoms with van der Waals surface area (Å²) in [6.07, 6.45) is 2.32. The van der Waals surface area contributed by atoms with Crippen LogP contribution in [-0.4, -0.2) is 32.3 Å². The van der Waals surface area contributed by atoms with Crippen LogP contribution in [0, 0.1) is 5.92 Å². The molecule has 2 rings (SSSR count). The van der Waals surface area contributed by atoms with E-state index in [-0.39, 0.29) is 10.8 Å². The van der Waals surface area contributed by atoms with Crippen molar-refractivity contribution in [2.45, 2.75) is 24.7 Å². The Morgan fingerprint density at radius 3 is 2.60 bits per heavy atom. The smallest absolute Gasteiger partial charge is 0.262 e. The molecule has 1 aromatic carbocycles. The van der Waals surface area contributed by atoms with E-state index in [2.05, 4.69) is 15.9 Å². The number of rotatable bonds is 5. The minimum absolute atomic E-state index is 0.0764. The first-order chi connectivity index (χ1) is 9.32. The van der Waals surface area contributed by atoms with Crippen LogP contribution in [0.1, 0.15) is 30.1 Å². The fourth-order valence-electron chi connectivity index (χ4n) is 1.97. The fourth-order valence-corrected chi connectivity index (χ4v) is 4.09. The number of carbonyl (C=O) groups is 1. The third kappa shape index (κ3) is 3.74. The average Bonchev–Trinajstić information content (AvgIpc) is 3.18. The first-order valence-electron chi connectivity index (χ1n) is 6.36. The maximum atomic E-state index is 12.4. The molecule has 7 heteroatoms.